The molecule has 4 atom stereocenters. The molecule has 41 heavy (non-hydrogen) atoms. The van der Waals surface area contributed by atoms with E-state index in [2.05, 4.69) is 6.92 Å². The van der Waals surface area contributed by atoms with Gasteiger partial charge < -0.3 is 38.6 Å². The molecule has 2 heterocycles. The minimum atomic E-state index is -1.11. The second-order valence-corrected chi connectivity index (χ2v) is 13.5. The molecule has 2 aliphatic rings. The molecule has 2 rings (SSSR count). The Balaban J connectivity index is 0.000000414. The number of carbonyl (C=O) groups excluding carboxylic acids is 2. The van der Waals surface area contributed by atoms with Gasteiger partial charge in [-0.05, 0) is 74.1 Å². The first-order chi connectivity index (χ1) is 18.9. The normalized spacial score (nSPS) is 22.3. The van der Waals surface area contributed by atoms with Crippen LogP contribution in [-0.2, 0) is 38.0 Å². The quantitative estimate of drug-likeness (QED) is 0.246. The molecule has 0 aliphatic carbocycles. The van der Waals surface area contributed by atoms with Crippen LogP contribution >= 0.6 is 0 Å². The molecule has 2 N–H and O–H groups in total. The molecule has 0 amide bonds. The lowest BCUT2D eigenvalue weighted by atomic mass is 9.90. The van der Waals surface area contributed by atoms with Crippen LogP contribution in [-0.4, -0.2) is 83.6 Å². The predicted octanol–water partition coefficient (Wildman–Crippen LogP) is 5.20. The lowest BCUT2D eigenvalue weighted by Gasteiger charge is -2.29. The van der Waals surface area contributed by atoms with Crippen molar-refractivity contribution < 1.29 is 48.2 Å². The van der Waals surface area contributed by atoms with Crippen molar-refractivity contribution >= 4 is 11.9 Å². The molecule has 2 fully saturated rings. The molecule has 0 radical (unpaired) electrons. The third-order valence-corrected chi connectivity index (χ3v) is 6.43. The number of carbonyl (C=O) groups is 2. The second-order valence-electron chi connectivity index (χ2n) is 13.5. The van der Waals surface area contributed by atoms with Crippen molar-refractivity contribution in [2.24, 2.45) is 0 Å². The van der Waals surface area contributed by atoms with E-state index in [4.69, 9.17) is 28.4 Å². The average molecular weight is 591 g/mol. The molecule has 0 bridgehead atoms. The van der Waals surface area contributed by atoms with Gasteiger partial charge >= 0.3 is 11.9 Å². The topological polar surface area (TPSA) is 130 Å². The Kier molecular flexibility index (Phi) is 16.3. The van der Waals surface area contributed by atoms with Gasteiger partial charge in [-0.1, -0.05) is 19.8 Å². The zero-order valence-electron chi connectivity index (χ0n) is 26.9. The molecule has 0 aromatic carbocycles. The summed E-state index contributed by atoms with van der Waals surface area (Å²) in [6.07, 6.45) is 6.74. The highest BCUT2D eigenvalue weighted by atomic mass is 16.7. The molecule has 10 heteroatoms. The number of aliphatic hydroxyl groups is 2. The van der Waals surface area contributed by atoms with Crippen LogP contribution in [0.25, 0.3) is 0 Å². The Bertz CT molecular complexity index is 743. The standard InChI is InChI=1S/C17H32O5.C14H26O5/c1-5-6-9-17(19,13-14(18)22-16(2,3)4)10-12-21-15-8-7-11-20-15;1-13(2,3)19-11(15)10-14(4,16)7-9-18-12-6-5-8-17-12/h15,19H,5-13H2,1-4H3;12,16H,5-10H2,1-4H3. The van der Waals surface area contributed by atoms with Crippen LogP contribution in [0.3, 0.4) is 0 Å². The van der Waals surface area contributed by atoms with Gasteiger partial charge in [0.05, 0.1) is 37.3 Å². The van der Waals surface area contributed by atoms with Gasteiger partial charge in [0.2, 0.25) is 0 Å². The maximum absolute atomic E-state index is 12.0. The van der Waals surface area contributed by atoms with E-state index in [1.54, 1.807) is 27.7 Å². The molecular formula is C31H58O10. The van der Waals surface area contributed by atoms with E-state index < -0.39 is 28.4 Å². The van der Waals surface area contributed by atoms with Crippen molar-refractivity contribution in [2.75, 3.05) is 26.4 Å². The lowest BCUT2D eigenvalue weighted by molar-refractivity contribution is -0.164. The zero-order chi connectivity index (χ0) is 31.2. The highest BCUT2D eigenvalue weighted by molar-refractivity contribution is 5.71. The fraction of sp³-hybridized carbons (Fsp3) is 0.935. The summed E-state index contributed by atoms with van der Waals surface area (Å²) >= 11 is 0. The van der Waals surface area contributed by atoms with E-state index in [1.165, 1.54) is 0 Å². The van der Waals surface area contributed by atoms with Gasteiger partial charge in [0.25, 0.3) is 0 Å². The molecule has 242 valence electrons. The predicted molar refractivity (Wildman–Crippen MR) is 155 cm³/mol. The van der Waals surface area contributed by atoms with Gasteiger partial charge in [0.1, 0.15) is 11.2 Å². The summed E-state index contributed by atoms with van der Waals surface area (Å²) in [4.78, 5) is 23.7. The molecule has 0 aromatic rings. The molecule has 0 spiro atoms. The monoisotopic (exact) mass is 590 g/mol. The van der Waals surface area contributed by atoms with E-state index in [9.17, 15) is 19.8 Å². The Morgan fingerprint density at radius 3 is 1.61 bits per heavy atom. The Morgan fingerprint density at radius 2 is 1.20 bits per heavy atom. The van der Waals surface area contributed by atoms with Crippen LogP contribution in [0.4, 0.5) is 0 Å². The van der Waals surface area contributed by atoms with Crippen molar-refractivity contribution in [1.82, 2.24) is 0 Å². The van der Waals surface area contributed by atoms with Crippen LogP contribution in [0.2, 0.25) is 0 Å². The van der Waals surface area contributed by atoms with E-state index in [1.807, 2.05) is 20.8 Å². The van der Waals surface area contributed by atoms with E-state index in [-0.39, 0.29) is 31.4 Å². The summed E-state index contributed by atoms with van der Waals surface area (Å²) in [6, 6.07) is 0. The van der Waals surface area contributed by atoms with Crippen molar-refractivity contribution in [3.63, 3.8) is 0 Å². The molecule has 2 saturated heterocycles. The molecular weight excluding hydrogens is 532 g/mol. The van der Waals surface area contributed by atoms with Crippen molar-refractivity contribution in [3.05, 3.63) is 0 Å². The third kappa shape index (κ3) is 19.5. The summed E-state index contributed by atoms with van der Waals surface area (Å²) < 4.78 is 32.4. The van der Waals surface area contributed by atoms with Gasteiger partial charge in [0, 0.05) is 32.5 Å². The number of hydrogen-bond donors (Lipinski definition) is 2. The van der Waals surface area contributed by atoms with Crippen molar-refractivity contribution in [3.8, 4) is 0 Å². The van der Waals surface area contributed by atoms with Gasteiger partial charge in [-0.3, -0.25) is 9.59 Å². The summed E-state index contributed by atoms with van der Waals surface area (Å²) in [5, 5.41) is 20.9. The molecule has 0 aromatic heterocycles. The van der Waals surface area contributed by atoms with E-state index in [0.29, 0.717) is 32.5 Å². The summed E-state index contributed by atoms with van der Waals surface area (Å²) in [7, 11) is 0. The lowest BCUT2D eigenvalue weighted by Crippen LogP contribution is -2.36. The number of esters is 2. The van der Waals surface area contributed by atoms with E-state index in [0.717, 1.165) is 51.7 Å². The van der Waals surface area contributed by atoms with Gasteiger partial charge in [-0.15, -0.1) is 0 Å². The zero-order valence-corrected chi connectivity index (χ0v) is 26.9. The fourth-order valence-corrected chi connectivity index (χ4v) is 4.38. The minimum absolute atomic E-state index is 0.0130. The molecule has 4 unspecified atom stereocenters. The molecule has 0 saturated carbocycles. The maximum atomic E-state index is 12.0. The minimum Gasteiger partial charge on any atom is -0.460 e. The van der Waals surface area contributed by atoms with Crippen LogP contribution in [0.1, 0.15) is 126 Å². The van der Waals surface area contributed by atoms with Crippen molar-refractivity contribution in [1.29, 1.82) is 0 Å². The SMILES string of the molecule is CC(O)(CCOC1CCCO1)CC(=O)OC(C)(C)C.CCCCC(O)(CCOC1CCCO1)CC(=O)OC(C)(C)C. The smallest absolute Gasteiger partial charge is 0.309 e. The number of ether oxygens (including phenoxy) is 6. The second kappa shape index (κ2) is 17.7. The Labute approximate surface area is 247 Å². The Morgan fingerprint density at radius 1 is 0.732 bits per heavy atom. The van der Waals surface area contributed by atoms with E-state index >= 15 is 0 Å². The van der Waals surface area contributed by atoms with Crippen molar-refractivity contribution in [2.45, 2.75) is 161 Å². The summed E-state index contributed by atoms with van der Waals surface area (Å²) in [5.74, 6) is -0.752. The van der Waals surface area contributed by atoms with Crippen LogP contribution in [0.15, 0.2) is 0 Å². The van der Waals surface area contributed by atoms with Crippen LogP contribution in [0.5, 0.6) is 0 Å². The number of hydrogen-bond acceptors (Lipinski definition) is 10. The highest BCUT2D eigenvalue weighted by Gasteiger charge is 2.32. The van der Waals surface area contributed by atoms with Gasteiger partial charge in [-0.2, -0.15) is 0 Å². The molecule has 2 aliphatic heterocycles. The Hall–Kier alpha value is -1.30. The number of unbranched alkanes of at least 4 members (excludes halogenated alkanes) is 1. The highest BCUT2D eigenvalue weighted by Crippen LogP contribution is 2.26. The third-order valence-electron chi connectivity index (χ3n) is 6.43. The largest absolute Gasteiger partial charge is 0.460 e. The van der Waals surface area contributed by atoms with Gasteiger partial charge in [-0.25, -0.2) is 0 Å². The maximum Gasteiger partial charge on any atom is 0.309 e. The summed E-state index contributed by atoms with van der Waals surface area (Å²) in [6.45, 7) is 16.8. The molecule has 10 nitrogen and oxygen atoms in total. The fourth-order valence-electron chi connectivity index (χ4n) is 4.38. The van der Waals surface area contributed by atoms with Crippen LogP contribution in [0, 0.1) is 0 Å². The summed E-state index contributed by atoms with van der Waals surface area (Å²) in [5.41, 5.74) is -3.23. The van der Waals surface area contributed by atoms with Crippen LogP contribution < -0.4 is 0 Å². The first-order valence-corrected chi connectivity index (χ1v) is 15.3. The average Bonchev–Trinajstić information content (AvgIpc) is 3.49. The number of rotatable bonds is 15. The first-order valence-electron chi connectivity index (χ1n) is 15.3. The van der Waals surface area contributed by atoms with Gasteiger partial charge in [0.15, 0.2) is 12.6 Å². The first kappa shape index (κ1) is 37.7.